The lowest BCUT2D eigenvalue weighted by Crippen LogP contribution is -2.40. The second-order valence-corrected chi connectivity index (χ2v) is 6.17. The summed E-state index contributed by atoms with van der Waals surface area (Å²) >= 11 is 0. The Balaban J connectivity index is 1.47. The number of rotatable bonds is 5. The maximum absolute atomic E-state index is 11.0. The summed E-state index contributed by atoms with van der Waals surface area (Å²) in [6, 6.07) is 19.5. The van der Waals surface area contributed by atoms with Crippen LogP contribution in [0.5, 0.6) is 0 Å². The van der Waals surface area contributed by atoms with Gasteiger partial charge in [0.1, 0.15) is 6.29 Å². The molecule has 4 rings (SSSR count). The monoisotopic (exact) mass is 336 g/mol. The van der Waals surface area contributed by atoms with Gasteiger partial charge in [-0.1, -0.05) is 60.7 Å². The van der Waals surface area contributed by atoms with Crippen molar-refractivity contribution in [3.8, 4) is 0 Å². The Morgan fingerprint density at radius 2 is 1.52 bits per heavy atom. The minimum Gasteiger partial charge on any atom is -0.405 e. The van der Waals surface area contributed by atoms with E-state index in [2.05, 4.69) is 0 Å². The third-order valence-corrected chi connectivity index (χ3v) is 4.49. The van der Waals surface area contributed by atoms with E-state index in [0.717, 1.165) is 17.2 Å². The lowest BCUT2D eigenvalue weighted by atomic mass is 9.79. The van der Waals surface area contributed by atoms with Crippen LogP contribution in [-0.2, 0) is 23.4 Å². The Morgan fingerprint density at radius 1 is 0.880 bits per heavy atom. The maximum atomic E-state index is 11.0. The summed E-state index contributed by atoms with van der Waals surface area (Å²) in [6.45, 7) is 0.407. The zero-order chi connectivity index (χ0) is 17.1. The molecule has 0 saturated carbocycles. The fourth-order valence-electron chi connectivity index (χ4n) is 3.25. The highest BCUT2D eigenvalue weighted by molar-refractivity contribution is 6.62. The number of benzene rings is 2. The first kappa shape index (κ1) is 16.5. The molecule has 7 heteroatoms. The highest BCUT2D eigenvalue weighted by Gasteiger charge is 2.48. The largest absolute Gasteiger partial charge is 0.494 e. The molecule has 25 heavy (non-hydrogen) atoms. The van der Waals surface area contributed by atoms with E-state index in [1.54, 1.807) is 0 Å². The highest BCUT2D eigenvalue weighted by atomic mass is 16.7. The van der Waals surface area contributed by atoms with Crippen molar-refractivity contribution in [2.75, 3.05) is 6.61 Å². The Morgan fingerprint density at radius 3 is 2.16 bits per heavy atom. The van der Waals surface area contributed by atoms with Crippen molar-refractivity contribution in [3.63, 3.8) is 0 Å². The van der Waals surface area contributed by atoms with Crippen LogP contribution in [0, 0.1) is 0 Å². The fraction of sp³-hybridized carbons (Fsp3) is 0.278. The molecule has 5 nitrogen and oxygen atoms in total. The molecule has 0 amide bonds. The quantitative estimate of drug-likeness (QED) is 0.590. The zero-order valence-electron chi connectivity index (χ0n) is 13.7. The molecule has 0 unspecified atom stereocenters. The normalized spacial score (nSPS) is 26.2. The average molecular weight is 336 g/mol. The van der Waals surface area contributed by atoms with Crippen molar-refractivity contribution in [1.82, 2.24) is 0 Å². The minimum absolute atomic E-state index is 0.268. The van der Waals surface area contributed by atoms with E-state index in [-0.39, 0.29) is 24.7 Å². The molecule has 2 aromatic rings. The SMILES string of the molecule is O=CC[C@H]1OB(c2ccccc2)O[C@@H]1[C@H]1COB(c2ccccc2)O1. The Bertz CT molecular complexity index is 699. The average Bonchev–Trinajstić information content (AvgIpc) is 3.31. The van der Waals surface area contributed by atoms with Gasteiger partial charge < -0.3 is 23.4 Å². The van der Waals surface area contributed by atoms with Crippen molar-refractivity contribution in [2.24, 2.45) is 0 Å². The van der Waals surface area contributed by atoms with Gasteiger partial charge in [0.2, 0.25) is 0 Å². The van der Waals surface area contributed by atoms with Gasteiger partial charge in [-0.25, -0.2) is 0 Å². The predicted octanol–water partition coefficient (Wildman–Crippen LogP) is 0.566. The lowest BCUT2D eigenvalue weighted by Gasteiger charge is -2.22. The van der Waals surface area contributed by atoms with Gasteiger partial charge in [-0.3, -0.25) is 0 Å². The highest BCUT2D eigenvalue weighted by Crippen LogP contribution is 2.26. The minimum atomic E-state index is -0.490. The first-order valence-electron chi connectivity index (χ1n) is 8.46. The molecule has 0 N–H and O–H groups in total. The predicted molar refractivity (Wildman–Crippen MR) is 94.9 cm³/mol. The van der Waals surface area contributed by atoms with Gasteiger partial charge in [-0.2, -0.15) is 0 Å². The van der Waals surface area contributed by atoms with Gasteiger partial charge >= 0.3 is 14.2 Å². The molecule has 0 aromatic heterocycles. The third-order valence-electron chi connectivity index (χ3n) is 4.49. The van der Waals surface area contributed by atoms with Crippen LogP contribution < -0.4 is 10.9 Å². The van der Waals surface area contributed by atoms with Gasteiger partial charge in [0.15, 0.2) is 0 Å². The molecule has 0 aliphatic carbocycles. The van der Waals surface area contributed by atoms with Crippen LogP contribution in [0.1, 0.15) is 6.42 Å². The molecule has 2 fully saturated rings. The van der Waals surface area contributed by atoms with Crippen LogP contribution in [0.3, 0.4) is 0 Å². The summed E-state index contributed by atoms with van der Waals surface area (Å²) in [4.78, 5) is 11.0. The van der Waals surface area contributed by atoms with E-state index in [4.69, 9.17) is 18.6 Å². The number of hydrogen-bond donors (Lipinski definition) is 0. The van der Waals surface area contributed by atoms with Gasteiger partial charge in [-0.05, 0) is 10.9 Å². The summed E-state index contributed by atoms with van der Waals surface area (Å²) in [5, 5.41) is 0. The van der Waals surface area contributed by atoms with E-state index < -0.39 is 14.2 Å². The molecule has 0 bridgehead atoms. The van der Waals surface area contributed by atoms with Gasteiger partial charge in [0.25, 0.3) is 0 Å². The molecule has 2 heterocycles. The van der Waals surface area contributed by atoms with Crippen LogP contribution in [0.4, 0.5) is 0 Å². The van der Waals surface area contributed by atoms with Crippen LogP contribution in [0.15, 0.2) is 60.7 Å². The standard InChI is InChI=1S/C18H18B2O5/c21-12-11-16-18(25-20(23-16)15-9-5-2-6-10-15)17-13-22-19(24-17)14-7-3-1-4-8-14/h1-10,12,16-18H,11,13H2/t16-,17-,18+/m1/s1. The number of carbonyl (C=O) groups excluding carboxylic acids is 1. The first-order chi connectivity index (χ1) is 12.3. The van der Waals surface area contributed by atoms with Crippen LogP contribution in [0.25, 0.3) is 0 Å². The van der Waals surface area contributed by atoms with Crippen molar-refractivity contribution < 1.29 is 23.4 Å². The smallest absolute Gasteiger partial charge is 0.405 e. The molecule has 0 radical (unpaired) electrons. The summed E-state index contributed by atoms with van der Waals surface area (Å²) in [5.74, 6) is 0. The molecular weight excluding hydrogens is 318 g/mol. The summed E-state index contributed by atoms with van der Waals surface area (Å²) in [5.41, 5.74) is 1.90. The molecule has 2 aromatic carbocycles. The second-order valence-electron chi connectivity index (χ2n) is 6.17. The van der Waals surface area contributed by atoms with Crippen molar-refractivity contribution in [1.29, 1.82) is 0 Å². The van der Waals surface area contributed by atoms with Gasteiger partial charge in [0, 0.05) is 6.42 Å². The summed E-state index contributed by atoms with van der Waals surface area (Å²) < 4.78 is 23.9. The molecule has 2 aliphatic heterocycles. The van der Waals surface area contributed by atoms with E-state index in [1.807, 2.05) is 60.7 Å². The molecule has 126 valence electrons. The Hall–Kier alpha value is -1.92. The lowest BCUT2D eigenvalue weighted by molar-refractivity contribution is -0.109. The Labute approximate surface area is 147 Å². The van der Waals surface area contributed by atoms with E-state index in [1.165, 1.54) is 0 Å². The topological polar surface area (TPSA) is 54.0 Å². The number of carbonyl (C=O) groups is 1. The van der Waals surface area contributed by atoms with Crippen molar-refractivity contribution >= 4 is 31.4 Å². The second kappa shape index (κ2) is 7.54. The van der Waals surface area contributed by atoms with E-state index >= 15 is 0 Å². The van der Waals surface area contributed by atoms with Crippen LogP contribution in [0.2, 0.25) is 0 Å². The molecular formula is C18H18B2O5. The van der Waals surface area contributed by atoms with Gasteiger partial charge in [-0.15, -0.1) is 0 Å². The molecule has 2 aliphatic rings. The van der Waals surface area contributed by atoms with Crippen LogP contribution >= 0.6 is 0 Å². The molecule has 2 saturated heterocycles. The first-order valence-corrected chi connectivity index (χ1v) is 8.46. The number of aldehydes is 1. The maximum Gasteiger partial charge on any atom is 0.494 e. The fourth-order valence-corrected chi connectivity index (χ4v) is 3.25. The van der Waals surface area contributed by atoms with Crippen LogP contribution in [-0.4, -0.2) is 45.4 Å². The third kappa shape index (κ3) is 3.55. The van der Waals surface area contributed by atoms with E-state index in [9.17, 15) is 4.79 Å². The summed E-state index contributed by atoms with van der Waals surface area (Å²) in [7, 11) is -0.905. The number of hydrogen-bond acceptors (Lipinski definition) is 5. The zero-order valence-corrected chi connectivity index (χ0v) is 13.7. The van der Waals surface area contributed by atoms with E-state index in [0.29, 0.717) is 6.61 Å². The van der Waals surface area contributed by atoms with Crippen molar-refractivity contribution in [3.05, 3.63) is 60.7 Å². The summed E-state index contributed by atoms with van der Waals surface area (Å²) in [6.07, 6.45) is 0.168. The molecule has 3 atom stereocenters. The van der Waals surface area contributed by atoms with Gasteiger partial charge in [0.05, 0.1) is 24.9 Å². The molecule has 0 spiro atoms. The van der Waals surface area contributed by atoms with Crippen molar-refractivity contribution in [2.45, 2.75) is 24.7 Å². The Kier molecular flexibility index (Phi) is 4.99.